The van der Waals surface area contributed by atoms with Gasteiger partial charge in [-0.25, -0.2) is 9.78 Å². The van der Waals surface area contributed by atoms with E-state index in [4.69, 9.17) is 0 Å². The molecule has 0 aliphatic carbocycles. The molecule has 0 spiro atoms. The number of fused-ring (bicyclic) bond motifs is 1. The zero-order valence-electron chi connectivity index (χ0n) is 12.3. The summed E-state index contributed by atoms with van der Waals surface area (Å²) in [7, 11) is 1.85. The molecule has 0 amide bonds. The molecule has 0 aromatic carbocycles. The SMILES string of the molecule is CCn1c(=O)[nH]c(=O)c2[nH]c(-c3c(C)nn(C)c3C)nc21. The number of nitrogens with one attached hydrogen (secondary N) is 2. The largest absolute Gasteiger partial charge is 0.332 e. The van der Waals surface area contributed by atoms with Gasteiger partial charge in [0.2, 0.25) is 0 Å². The van der Waals surface area contributed by atoms with Crippen LogP contribution in [0.15, 0.2) is 9.59 Å². The highest BCUT2D eigenvalue weighted by molar-refractivity contribution is 5.76. The van der Waals surface area contributed by atoms with Crippen molar-refractivity contribution in [1.82, 2.24) is 29.3 Å². The molecule has 8 nitrogen and oxygen atoms in total. The molecule has 3 heterocycles. The van der Waals surface area contributed by atoms with E-state index in [1.165, 1.54) is 4.57 Å². The Morgan fingerprint density at radius 2 is 1.90 bits per heavy atom. The standard InChI is InChI=1S/C13H16N6O2/c1-5-19-11-9(12(20)16-13(19)21)14-10(15-11)8-6(2)17-18(4)7(8)3/h5H2,1-4H3,(H,14,15)(H,16,20,21). The van der Waals surface area contributed by atoms with Crippen LogP contribution >= 0.6 is 0 Å². The molecule has 0 saturated heterocycles. The zero-order chi connectivity index (χ0) is 15.3. The smallest absolute Gasteiger partial charge is 0.330 e. The van der Waals surface area contributed by atoms with Crippen LogP contribution in [0.2, 0.25) is 0 Å². The van der Waals surface area contributed by atoms with E-state index in [9.17, 15) is 9.59 Å². The third kappa shape index (κ3) is 1.83. The molecule has 3 rings (SSSR count). The van der Waals surface area contributed by atoms with Gasteiger partial charge in [-0.15, -0.1) is 0 Å². The number of hydrogen-bond donors (Lipinski definition) is 2. The number of H-pyrrole nitrogens is 2. The minimum Gasteiger partial charge on any atom is -0.332 e. The third-order valence-electron chi connectivity index (χ3n) is 3.70. The van der Waals surface area contributed by atoms with Gasteiger partial charge in [0.05, 0.1) is 11.3 Å². The van der Waals surface area contributed by atoms with Gasteiger partial charge in [0.25, 0.3) is 5.56 Å². The molecule has 0 bridgehead atoms. The lowest BCUT2D eigenvalue weighted by molar-refractivity contribution is 0.720. The lowest BCUT2D eigenvalue weighted by atomic mass is 10.2. The summed E-state index contributed by atoms with van der Waals surface area (Å²) < 4.78 is 3.19. The highest BCUT2D eigenvalue weighted by Gasteiger charge is 2.18. The Bertz CT molecular complexity index is 956. The second-order valence-electron chi connectivity index (χ2n) is 4.96. The van der Waals surface area contributed by atoms with Crippen molar-refractivity contribution in [2.45, 2.75) is 27.3 Å². The van der Waals surface area contributed by atoms with Gasteiger partial charge < -0.3 is 4.98 Å². The van der Waals surface area contributed by atoms with E-state index < -0.39 is 11.2 Å². The minimum absolute atomic E-state index is 0.300. The second-order valence-corrected chi connectivity index (χ2v) is 4.96. The van der Waals surface area contributed by atoms with Crippen LogP contribution in [0.4, 0.5) is 0 Å². The molecule has 8 heteroatoms. The molecule has 21 heavy (non-hydrogen) atoms. The highest BCUT2D eigenvalue weighted by Crippen LogP contribution is 2.24. The summed E-state index contributed by atoms with van der Waals surface area (Å²) >= 11 is 0. The van der Waals surface area contributed by atoms with Crippen LogP contribution in [-0.4, -0.2) is 29.3 Å². The Balaban J connectivity index is 2.39. The monoisotopic (exact) mass is 288 g/mol. The van der Waals surface area contributed by atoms with Crippen LogP contribution in [0.3, 0.4) is 0 Å². The first-order valence-corrected chi connectivity index (χ1v) is 6.67. The summed E-state index contributed by atoms with van der Waals surface area (Å²) in [5.41, 5.74) is 2.36. The van der Waals surface area contributed by atoms with E-state index in [-0.39, 0.29) is 0 Å². The van der Waals surface area contributed by atoms with E-state index >= 15 is 0 Å². The highest BCUT2D eigenvalue weighted by atomic mass is 16.2. The molecule has 0 radical (unpaired) electrons. The number of aryl methyl sites for hydroxylation is 3. The maximum Gasteiger partial charge on any atom is 0.330 e. The van der Waals surface area contributed by atoms with Crippen molar-refractivity contribution in [3.8, 4) is 11.4 Å². The van der Waals surface area contributed by atoms with E-state index in [1.54, 1.807) is 4.68 Å². The topological polar surface area (TPSA) is 101 Å². The molecule has 2 N–H and O–H groups in total. The van der Waals surface area contributed by atoms with Gasteiger partial charge in [0.1, 0.15) is 11.3 Å². The fraction of sp³-hybridized carbons (Fsp3) is 0.385. The van der Waals surface area contributed by atoms with E-state index in [0.29, 0.717) is 23.5 Å². The Morgan fingerprint density at radius 1 is 1.19 bits per heavy atom. The summed E-state index contributed by atoms with van der Waals surface area (Å²) in [4.78, 5) is 33.5. The molecule has 0 aliphatic rings. The zero-order valence-corrected chi connectivity index (χ0v) is 12.3. The fourth-order valence-electron chi connectivity index (χ4n) is 2.57. The maximum absolute atomic E-state index is 11.9. The average Bonchev–Trinajstić information content (AvgIpc) is 2.93. The lowest BCUT2D eigenvalue weighted by Gasteiger charge is -1.99. The van der Waals surface area contributed by atoms with Gasteiger partial charge in [-0.2, -0.15) is 5.10 Å². The lowest BCUT2D eigenvalue weighted by Crippen LogP contribution is -2.29. The number of nitrogens with zero attached hydrogens (tertiary/aromatic N) is 4. The first-order chi connectivity index (χ1) is 9.93. The van der Waals surface area contributed by atoms with Crippen LogP contribution in [0.1, 0.15) is 18.3 Å². The van der Waals surface area contributed by atoms with E-state index in [2.05, 4.69) is 20.1 Å². The summed E-state index contributed by atoms with van der Waals surface area (Å²) in [5, 5.41) is 4.34. The van der Waals surface area contributed by atoms with E-state index in [0.717, 1.165) is 17.0 Å². The Kier molecular flexibility index (Phi) is 2.82. The molecule has 3 aromatic heterocycles. The molecular formula is C13H16N6O2. The van der Waals surface area contributed by atoms with Crippen molar-refractivity contribution < 1.29 is 0 Å². The fourth-order valence-corrected chi connectivity index (χ4v) is 2.57. The molecule has 0 atom stereocenters. The predicted molar refractivity (Wildman–Crippen MR) is 78.3 cm³/mol. The van der Waals surface area contributed by atoms with Crippen LogP contribution < -0.4 is 11.2 Å². The van der Waals surface area contributed by atoms with E-state index in [1.807, 2.05) is 27.8 Å². The van der Waals surface area contributed by atoms with Crippen LogP contribution in [0.5, 0.6) is 0 Å². The molecule has 0 fully saturated rings. The van der Waals surface area contributed by atoms with Crippen molar-refractivity contribution in [2.24, 2.45) is 7.05 Å². The molecule has 110 valence electrons. The molecule has 0 aliphatic heterocycles. The maximum atomic E-state index is 11.9. The first kappa shape index (κ1) is 13.3. The van der Waals surface area contributed by atoms with Crippen LogP contribution in [-0.2, 0) is 13.6 Å². The van der Waals surface area contributed by atoms with Crippen molar-refractivity contribution in [3.63, 3.8) is 0 Å². The summed E-state index contributed by atoms with van der Waals surface area (Å²) in [6.07, 6.45) is 0. The average molecular weight is 288 g/mol. The van der Waals surface area contributed by atoms with Crippen LogP contribution in [0, 0.1) is 13.8 Å². The van der Waals surface area contributed by atoms with Gasteiger partial charge in [0.15, 0.2) is 5.65 Å². The second kappa shape index (κ2) is 4.44. The Morgan fingerprint density at radius 3 is 2.48 bits per heavy atom. The van der Waals surface area contributed by atoms with Gasteiger partial charge in [-0.1, -0.05) is 0 Å². The number of aromatic amines is 2. The van der Waals surface area contributed by atoms with Crippen molar-refractivity contribution in [1.29, 1.82) is 0 Å². The van der Waals surface area contributed by atoms with Crippen molar-refractivity contribution in [3.05, 3.63) is 32.2 Å². The number of imidazole rings is 1. The van der Waals surface area contributed by atoms with Crippen molar-refractivity contribution in [2.75, 3.05) is 0 Å². The molecule has 0 saturated carbocycles. The Labute approximate surface area is 119 Å². The number of aromatic nitrogens is 6. The third-order valence-corrected chi connectivity index (χ3v) is 3.70. The summed E-state index contributed by atoms with van der Waals surface area (Å²) in [6.45, 7) is 6.07. The predicted octanol–water partition coefficient (Wildman–Crippen LogP) is 0.450. The first-order valence-electron chi connectivity index (χ1n) is 6.67. The van der Waals surface area contributed by atoms with Crippen molar-refractivity contribution >= 4 is 11.2 Å². The number of rotatable bonds is 2. The molecule has 3 aromatic rings. The number of hydrogen-bond acceptors (Lipinski definition) is 4. The molecular weight excluding hydrogens is 272 g/mol. The summed E-state index contributed by atoms with van der Waals surface area (Å²) in [6, 6.07) is 0. The quantitative estimate of drug-likeness (QED) is 0.714. The summed E-state index contributed by atoms with van der Waals surface area (Å²) in [5.74, 6) is 0.548. The Hall–Kier alpha value is -2.64. The normalized spacial score (nSPS) is 11.4. The van der Waals surface area contributed by atoms with Gasteiger partial charge >= 0.3 is 5.69 Å². The van der Waals surface area contributed by atoms with Gasteiger partial charge in [-0.05, 0) is 20.8 Å². The van der Waals surface area contributed by atoms with Crippen LogP contribution in [0.25, 0.3) is 22.6 Å². The minimum atomic E-state index is -0.461. The molecule has 0 unspecified atom stereocenters. The van der Waals surface area contributed by atoms with Gasteiger partial charge in [-0.3, -0.25) is 19.0 Å². The van der Waals surface area contributed by atoms with Gasteiger partial charge in [0, 0.05) is 19.3 Å².